The maximum atomic E-state index is 10.8. The predicted octanol–water partition coefficient (Wildman–Crippen LogP) is 2.04. The minimum Gasteiger partial charge on any atom is -0.504 e. The van der Waals surface area contributed by atoms with Crippen molar-refractivity contribution in [2.45, 2.75) is 13.0 Å². The number of nitrogens with one attached hydrogen (secondary N) is 1. The van der Waals surface area contributed by atoms with Crippen molar-refractivity contribution in [1.29, 1.82) is 0 Å². The van der Waals surface area contributed by atoms with Crippen LogP contribution in [0.25, 0.3) is 0 Å². The van der Waals surface area contributed by atoms with Crippen molar-refractivity contribution in [3.63, 3.8) is 0 Å². The Hall–Kier alpha value is -2.69. The molecule has 0 heterocycles. The Bertz CT molecular complexity index is 624. The van der Waals surface area contributed by atoms with Crippen molar-refractivity contribution >= 4 is 11.6 Å². The van der Waals surface area contributed by atoms with Crippen LogP contribution < -0.4 is 15.8 Å². The van der Waals surface area contributed by atoms with E-state index in [-0.39, 0.29) is 18.1 Å². The third-order valence-electron chi connectivity index (χ3n) is 3.07. The van der Waals surface area contributed by atoms with Crippen molar-refractivity contribution in [3.05, 3.63) is 53.6 Å². The van der Waals surface area contributed by atoms with Crippen LogP contribution in [0, 0.1) is 0 Å². The van der Waals surface area contributed by atoms with Gasteiger partial charge in [0.05, 0.1) is 13.5 Å². The molecule has 0 atom stereocenters. The summed E-state index contributed by atoms with van der Waals surface area (Å²) < 4.78 is 5.00. The number of rotatable bonds is 6. The smallest absolute Gasteiger partial charge is 0.221 e. The van der Waals surface area contributed by atoms with Crippen molar-refractivity contribution in [3.8, 4) is 11.5 Å². The van der Waals surface area contributed by atoms with E-state index in [1.54, 1.807) is 12.1 Å². The van der Waals surface area contributed by atoms with Crippen molar-refractivity contribution in [2.24, 2.45) is 5.73 Å². The summed E-state index contributed by atoms with van der Waals surface area (Å²) in [7, 11) is 1.51. The number of phenolic OH excluding ortho intramolecular Hbond substituents is 1. The van der Waals surface area contributed by atoms with Crippen LogP contribution in [0.2, 0.25) is 0 Å². The lowest BCUT2D eigenvalue weighted by molar-refractivity contribution is -0.117. The number of methoxy groups -OCH3 is 1. The van der Waals surface area contributed by atoms with Gasteiger partial charge in [-0.2, -0.15) is 0 Å². The zero-order chi connectivity index (χ0) is 15.2. The SMILES string of the molecule is COc1ccc(CNc2ccc(CC(N)=O)cc2)cc1O. The Morgan fingerprint density at radius 2 is 1.86 bits per heavy atom. The molecule has 0 aliphatic rings. The van der Waals surface area contributed by atoms with Crippen molar-refractivity contribution in [1.82, 2.24) is 0 Å². The van der Waals surface area contributed by atoms with E-state index in [9.17, 15) is 9.90 Å². The number of carbonyl (C=O) groups is 1. The van der Waals surface area contributed by atoms with E-state index in [0.717, 1.165) is 16.8 Å². The van der Waals surface area contributed by atoms with Crippen LogP contribution in [-0.2, 0) is 17.8 Å². The van der Waals surface area contributed by atoms with Gasteiger partial charge in [0.25, 0.3) is 0 Å². The van der Waals surface area contributed by atoms with Crippen LogP contribution in [0.4, 0.5) is 5.69 Å². The fourth-order valence-corrected chi connectivity index (χ4v) is 1.99. The van der Waals surface area contributed by atoms with E-state index in [1.165, 1.54) is 7.11 Å². The molecule has 5 heteroatoms. The van der Waals surface area contributed by atoms with Gasteiger partial charge in [-0.15, -0.1) is 0 Å². The van der Waals surface area contributed by atoms with Gasteiger partial charge in [-0.3, -0.25) is 4.79 Å². The summed E-state index contributed by atoms with van der Waals surface area (Å²) in [4.78, 5) is 10.8. The number of hydrogen-bond donors (Lipinski definition) is 3. The minimum atomic E-state index is -0.343. The predicted molar refractivity (Wildman–Crippen MR) is 81.3 cm³/mol. The second-order valence-corrected chi connectivity index (χ2v) is 4.70. The maximum Gasteiger partial charge on any atom is 0.221 e. The number of hydrogen-bond acceptors (Lipinski definition) is 4. The molecule has 0 aliphatic carbocycles. The minimum absolute atomic E-state index is 0.119. The maximum absolute atomic E-state index is 10.8. The first-order chi connectivity index (χ1) is 10.1. The molecular formula is C16H18N2O3. The third-order valence-corrected chi connectivity index (χ3v) is 3.07. The monoisotopic (exact) mass is 286 g/mol. The number of phenols is 1. The molecule has 21 heavy (non-hydrogen) atoms. The van der Waals surface area contributed by atoms with Crippen LogP contribution in [0.5, 0.6) is 11.5 Å². The Morgan fingerprint density at radius 3 is 2.43 bits per heavy atom. The third kappa shape index (κ3) is 4.14. The zero-order valence-electron chi connectivity index (χ0n) is 11.8. The number of ether oxygens (including phenoxy) is 1. The average Bonchev–Trinajstić information content (AvgIpc) is 2.46. The van der Waals surface area contributed by atoms with Gasteiger partial charge in [-0.05, 0) is 35.4 Å². The van der Waals surface area contributed by atoms with Gasteiger partial charge < -0.3 is 20.9 Å². The first kappa shape index (κ1) is 14.7. The van der Waals surface area contributed by atoms with Crippen LogP contribution in [0.1, 0.15) is 11.1 Å². The lowest BCUT2D eigenvalue weighted by Crippen LogP contribution is -2.13. The molecule has 0 unspecified atom stereocenters. The van der Waals surface area contributed by atoms with Crippen molar-refractivity contribution < 1.29 is 14.6 Å². The number of benzene rings is 2. The van der Waals surface area contributed by atoms with E-state index in [4.69, 9.17) is 10.5 Å². The van der Waals surface area contributed by atoms with E-state index >= 15 is 0 Å². The molecule has 0 fully saturated rings. The van der Waals surface area contributed by atoms with Crippen LogP contribution in [0.3, 0.4) is 0 Å². The number of aromatic hydroxyl groups is 1. The summed E-state index contributed by atoms with van der Waals surface area (Å²) in [5.41, 5.74) is 7.90. The number of primary amides is 1. The molecule has 1 amide bonds. The van der Waals surface area contributed by atoms with Gasteiger partial charge in [-0.1, -0.05) is 18.2 Å². The molecular weight excluding hydrogens is 268 g/mol. The molecule has 0 saturated heterocycles. The summed E-state index contributed by atoms with van der Waals surface area (Å²) in [5.74, 6) is 0.229. The fraction of sp³-hybridized carbons (Fsp3) is 0.188. The topological polar surface area (TPSA) is 84.6 Å². The first-order valence-electron chi connectivity index (χ1n) is 6.55. The van der Waals surface area contributed by atoms with Crippen LogP contribution in [0.15, 0.2) is 42.5 Å². The Kier molecular flexibility index (Phi) is 4.66. The number of nitrogens with two attached hydrogens (primary N) is 1. The summed E-state index contributed by atoms with van der Waals surface area (Å²) in [6, 6.07) is 12.8. The number of anilines is 1. The van der Waals surface area contributed by atoms with E-state index < -0.39 is 0 Å². The number of carbonyl (C=O) groups excluding carboxylic acids is 1. The largest absolute Gasteiger partial charge is 0.504 e. The standard InChI is InChI=1S/C16H18N2O3/c1-21-15-7-4-12(8-14(15)19)10-18-13-5-2-11(3-6-13)9-16(17)20/h2-8,18-19H,9-10H2,1H3,(H2,17,20). The highest BCUT2D eigenvalue weighted by Crippen LogP contribution is 2.26. The normalized spacial score (nSPS) is 10.1. The molecule has 5 nitrogen and oxygen atoms in total. The lowest BCUT2D eigenvalue weighted by Gasteiger charge is -2.09. The Balaban J connectivity index is 1.96. The van der Waals surface area contributed by atoms with Gasteiger partial charge in [0.1, 0.15) is 0 Å². The highest BCUT2D eigenvalue weighted by molar-refractivity contribution is 5.76. The highest BCUT2D eigenvalue weighted by atomic mass is 16.5. The molecule has 2 rings (SSSR count). The molecule has 0 spiro atoms. The summed E-state index contributed by atoms with van der Waals surface area (Å²) in [6.07, 6.45) is 0.243. The first-order valence-corrected chi connectivity index (χ1v) is 6.55. The molecule has 2 aromatic rings. The van der Waals surface area contributed by atoms with Gasteiger partial charge in [-0.25, -0.2) is 0 Å². The van der Waals surface area contributed by atoms with Gasteiger partial charge in [0.2, 0.25) is 5.91 Å². The Morgan fingerprint density at radius 1 is 1.19 bits per heavy atom. The molecule has 0 saturated carbocycles. The molecule has 110 valence electrons. The van der Waals surface area contributed by atoms with E-state index in [1.807, 2.05) is 30.3 Å². The molecule has 0 radical (unpaired) electrons. The fourth-order valence-electron chi connectivity index (χ4n) is 1.99. The summed E-state index contributed by atoms with van der Waals surface area (Å²) in [6.45, 7) is 0.576. The van der Waals surface area contributed by atoms with E-state index in [0.29, 0.717) is 12.3 Å². The zero-order valence-corrected chi connectivity index (χ0v) is 11.8. The second-order valence-electron chi connectivity index (χ2n) is 4.70. The molecule has 0 aliphatic heterocycles. The van der Waals surface area contributed by atoms with Gasteiger partial charge in [0.15, 0.2) is 11.5 Å². The van der Waals surface area contributed by atoms with Gasteiger partial charge >= 0.3 is 0 Å². The molecule has 4 N–H and O–H groups in total. The Labute approximate surface area is 123 Å². The molecule has 0 aromatic heterocycles. The summed E-state index contributed by atoms with van der Waals surface area (Å²) >= 11 is 0. The van der Waals surface area contributed by atoms with E-state index in [2.05, 4.69) is 5.32 Å². The molecule has 0 bridgehead atoms. The average molecular weight is 286 g/mol. The summed E-state index contributed by atoms with van der Waals surface area (Å²) in [5, 5.41) is 13.0. The highest BCUT2D eigenvalue weighted by Gasteiger charge is 2.03. The lowest BCUT2D eigenvalue weighted by atomic mass is 10.1. The quantitative estimate of drug-likeness (QED) is 0.758. The van der Waals surface area contributed by atoms with Crippen molar-refractivity contribution in [2.75, 3.05) is 12.4 Å². The van der Waals surface area contributed by atoms with Crippen LogP contribution >= 0.6 is 0 Å². The van der Waals surface area contributed by atoms with Crippen LogP contribution in [-0.4, -0.2) is 18.1 Å². The van der Waals surface area contributed by atoms with Gasteiger partial charge in [0, 0.05) is 12.2 Å². The second kappa shape index (κ2) is 6.65. The number of amides is 1. The molecule has 2 aromatic carbocycles.